The molecule has 0 aromatic rings. The highest BCUT2D eigenvalue weighted by atomic mass is 15.0. The van der Waals surface area contributed by atoms with Gasteiger partial charge < -0.3 is 5.32 Å². The molecule has 2 fully saturated rings. The maximum atomic E-state index is 8.75. The van der Waals surface area contributed by atoms with Crippen LogP contribution >= 0.6 is 0 Å². The monoisotopic (exact) mass is 178 g/mol. The Bertz CT molecular complexity index is 195. The number of rotatable bonds is 2. The molecule has 0 bridgehead atoms. The Morgan fingerprint density at radius 2 is 1.54 bits per heavy atom. The van der Waals surface area contributed by atoms with Crippen LogP contribution in [0.5, 0.6) is 0 Å². The molecule has 0 saturated heterocycles. The van der Waals surface area contributed by atoms with Crippen LogP contribution in [0.25, 0.3) is 0 Å². The lowest BCUT2D eigenvalue weighted by atomic mass is 9.85. The van der Waals surface area contributed by atoms with Crippen LogP contribution in [0.1, 0.15) is 44.9 Å². The van der Waals surface area contributed by atoms with Gasteiger partial charge in [0.05, 0.1) is 6.07 Å². The lowest BCUT2D eigenvalue weighted by molar-refractivity contribution is 0.252. The summed E-state index contributed by atoms with van der Waals surface area (Å²) in [5.41, 5.74) is 0. The third-order valence-electron chi connectivity index (χ3n) is 3.49. The van der Waals surface area contributed by atoms with Crippen molar-refractivity contribution in [1.82, 2.24) is 5.32 Å². The van der Waals surface area contributed by atoms with Crippen LogP contribution in [0.3, 0.4) is 0 Å². The van der Waals surface area contributed by atoms with Gasteiger partial charge in [-0.1, -0.05) is 6.42 Å². The molecular weight excluding hydrogens is 160 g/mol. The summed E-state index contributed by atoms with van der Waals surface area (Å²) in [4.78, 5) is 0. The van der Waals surface area contributed by atoms with E-state index < -0.39 is 0 Å². The van der Waals surface area contributed by atoms with E-state index in [1.54, 1.807) is 0 Å². The summed E-state index contributed by atoms with van der Waals surface area (Å²) in [5, 5.41) is 12.4. The molecule has 0 atom stereocenters. The van der Waals surface area contributed by atoms with Gasteiger partial charge in [-0.05, 0) is 38.5 Å². The smallest absolute Gasteiger partial charge is 0.0655 e. The van der Waals surface area contributed by atoms with Gasteiger partial charge in [0.25, 0.3) is 0 Å². The maximum Gasteiger partial charge on any atom is 0.0655 e. The van der Waals surface area contributed by atoms with E-state index in [-0.39, 0.29) is 0 Å². The number of hydrogen-bond donors (Lipinski definition) is 1. The predicted octanol–water partition coefficient (Wildman–Crippen LogP) is 2.21. The Morgan fingerprint density at radius 1 is 0.923 bits per heavy atom. The van der Waals surface area contributed by atoms with Crippen molar-refractivity contribution in [3.05, 3.63) is 0 Å². The van der Waals surface area contributed by atoms with Gasteiger partial charge in [0.15, 0.2) is 0 Å². The molecule has 0 aliphatic heterocycles. The molecule has 72 valence electrons. The first-order valence-electron chi connectivity index (χ1n) is 5.54. The fourth-order valence-corrected chi connectivity index (χ4v) is 2.30. The first-order chi connectivity index (χ1) is 6.38. The average Bonchev–Trinajstić information content (AvgIpc) is 2.12. The van der Waals surface area contributed by atoms with E-state index in [1.807, 2.05) is 0 Å². The zero-order valence-electron chi connectivity index (χ0n) is 8.13. The standard InChI is InChI=1S/C11H18N2/c12-8-9-4-6-11(7-5-9)13-10-2-1-3-10/h9-11,13H,1-7H2. The van der Waals surface area contributed by atoms with Crippen molar-refractivity contribution in [2.24, 2.45) is 5.92 Å². The summed E-state index contributed by atoms with van der Waals surface area (Å²) in [6, 6.07) is 3.90. The summed E-state index contributed by atoms with van der Waals surface area (Å²) in [6.07, 6.45) is 8.81. The van der Waals surface area contributed by atoms with Gasteiger partial charge in [0, 0.05) is 18.0 Å². The molecule has 2 aliphatic rings. The Labute approximate surface area is 80.3 Å². The summed E-state index contributed by atoms with van der Waals surface area (Å²) in [5.74, 6) is 0.347. The van der Waals surface area contributed by atoms with Crippen LogP contribution in [-0.4, -0.2) is 12.1 Å². The molecule has 2 nitrogen and oxygen atoms in total. The van der Waals surface area contributed by atoms with E-state index in [9.17, 15) is 0 Å². The van der Waals surface area contributed by atoms with E-state index in [2.05, 4.69) is 11.4 Å². The van der Waals surface area contributed by atoms with E-state index >= 15 is 0 Å². The normalized spacial score (nSPS) is 35.0. The highest BCUT2D eigenvalue weighted by Gasteiger charge is 2.25. The second-order valence-corrected chi connectivity index (χ2v) is 4.47. The quantitative estimate of drug-likeness (QED) is 0.703. The van der Waals surface area contributed by atoms with Crippen LogP contribution in [0.4, 0.5) is 0 Å². The molecular formula is C11H18N2. The van der Waals surface area contributed by atoms with E-state index in [4.69, 9.17) is 5.26 Å². The van der Waals surface area contributed by atoms with Crippen LogP contribution < -0.4 is 5.32 Å². The van der Waals surface area contributed by atoms with Crippen molar-refractivity contribution in [3.63, 3.8) is 0 Å². The highest BCUT2D eigenvalue weighted by molar-refractivity contribution is 4.90. The van der Waals surface area contributed by atoms with Crippen LogP contribution in [-0.2, 0) is 0 Å². The lowest BCUT2D eigenvalue weighted by Crippen LogP contribution is -2.43. The summed E-state index contributed by atoms with van der Waals surface area (Å²) >= 11 is 0. The molecule has 0 aromatic heterocycles. The molecule has 1 N–H and O–H groups in total. The van der Waals surface area contributed by atoms with Crippen molar-refractivity contribution in [3.8, 4) is 6.07 Å². The zero-order valence-corrected chi connectivity index (χ0v) is 8.13. The van der Waals surface area contributed by atoms with E-state index in [1.165, 1.54) is 32.1 Å². The summed E-state index contributed by atoms with van der Waals surface area (Å²) < 4.78 is 0. The minimum absolute atomic E-state index is 0.347. The molecule has 13 heavy (non-hydrogen) atoms. The predicted molar refractivity (Wildman–Crippen MR) is 52.1 cm³/mol. The number of nitrogens with zero attached hydrogens (tertiary/aromatic N) is 1. The minimum Gasteiger partial charge on any atom is -0.311 e. The second-order valence-electron chi connectivity index (χ2n) is 4.47. The maximum absolute atomic E-state index is 8.75. The fraction of sp³-hybridized carbons (Fsp3) is 0.909. The third-order valence-corrected chi connectivity index (χ3v) is 3.49. The molecule has 0 amide bonds. The van der Waals surface area contributed by atoms with Gasteiger partial charge in [0.2, 0.25) is 0 Å². The molecule has 2 heteroatoms. The Kier molecular flexibility index (Phi) is 2.85. The SMILES string of the molecule is N#CC1CCC(NC2CCC2)CC1. The molecule has 0 radical (unpaired) electrons. The Morgan fingerprint density at radius 3 is 2.00 bits per heavy atom. The lowest BCUT2D eigenvalue weighted by Gasteiger charge is -2.34. The van der Waals surface area contributed by atoms with Gasteiger partial charge in [0.1, 0.15) is 0 Å². The number of nitriles is 1. The molecule has 0 unspecified atom stereocenters. The zero-order chi connectivity index (χ0) is 9.10. The van der Waals surface area contributed by atoms with Crippen molar-refractivity contribution < 1.29 is 0 Å². The molecule has 0 aromatic carbocycles. The molecule has 2 aliphatic carbocycles. The number of hydrogen-bond acceptors (Lipinski definition) is 2. The largest absolute Gasteiger partial charge is 0.311 e. The highest BCUT2D eigenvalue weighted by Crippen LogP contribution is 2.26. The van der Waals surface area contributed by atoms with E-state index in [0.717, 1.165) is 24.9 Å². The average molecular weight is 178 g/mol. The first-order valence-corrected chi connectivity index (χ1v) is 5.54. The first kappa shape index (κ1) is 9.02. The topological polar surface area (TPSA) is 35.8 Å². The van der Waals surface area contributed by atoms with Gasteiger partial charge in [-0.15, -0.1) is 0 Å². The van der Waals surface area contributed by atoms with Gasteiger partial charge >= 0.3 is 0 Å². The van der Waals surface area contributed by atoms with Crippen molar-refractivity contribution in [1.29, 1.82) is 5.26 Å². The van der Waals surface area contributed by atoms with Crippen molar-refractivity contribution in [2.75, 3.05) is 0 Å². The molecule has 2 rings (SSSR count). The van der Waals surface area contributed by atoms with Gasteiger partial charge in [-0.25, -0.2) is 0 Å². The summed E-state index contributed by atoms with van der Waals surface area (Å²) in [7, 11) is 0. The van der Waals surface area contributed by atoms with Crippen LogP contribution in [0.15, 0.2) is 0 Å². The van der Waals surface area contributed by atoms with Crippen molar-refractivity contribution in [2.45, 2.75) is 57.0 Å². The summed E-state index contributed by atoms with van der Waals surface area (Å²) in [6.45, 7) is 0. The van der Waals surface area contributed by atoms with Crippen LogP contribution in [0.2, 0.25) is 0 Å². The second kappa shape index (κ2) is 4.11. The van der Waals surface area contributed by atoms with Gasteiger partial charge in [-0.3, -0.25) is 0 Å². The molecule has 0 heterocycles. The van der Waals surface area contributed by atoms with E-state index in [0.29, 0.717) is 5.92 Å². The van der Waals surface area contributed by atoms with Crippen molar-refractivity contribution >= 4 is 0 Å². The Hall–Kier alpha value is -0.550. The van der Waals surface area contributed by atoms with Crippen LogP contribution in [0, 0.1) is 17.2 Å². The molecule has 2 saturated carbocycles. The minimum atomic E-state index is 0.347. The molecule has 0 spiro atoms. The third kappa shape index (κ3) is 2.22. The Balaban J connectivity index is 1.69. The number of nitrogens with one attached hydrogen (secondary N) is 1. The fourth-order valence-electron chi connectivity index (χ4n) is 2.30. The van der Waals surface area contributed by atoms with Gasteiger partial charge in [-0.2, -0.15) is 5.26 Å².